The van der Waals surface area contributed by atoms with Crippen LogP contribution in [0.1, 0.15) is 227 Å². The molecule has 0 saturated carbocycles. The van der Waals surface area contributed by atoms with Crippen molar-refractivity contribution in [3.05, 3.63) is 236 Å². The van der Waals surface area contributed by atoms with Crippen molar-refractivity contribution < 1.29 is 17.6 Å². The third kappa shape index (κ3) is 24.8. The van der Waals surface area contributed by atoms with Gasteiger partial charge in [0, 0.05) is 98.3 Å². The molecule has 0 bridgehead atoms. The Morgan fingerprint density at radius 3 is 0.960 bits per heavy atom. The Kier molecular flexibility index (Phi) is 30.9. The van der Waals surface area contributed by atoms with Crippen LogP contribution in [0.25, 0.3) is 24.3 Å². The number of benzene rings is 4. The molecule has 0 radical (unpaired) electrons. The quantitative estimate of drug-likeness (QED) is 0.0211. The molecule has 125 heavy (non-hydrogen) atoms. The van der Waals surface area contributed by atoms with E-state index in [0.29, 0.717) is 130 Å². The predicted molar refractivity (Wildman–Crippen MR) is 488 cm³/mol. The fraction of sp³-hybridized carbons (Fsp3) is 0.391. The van der Waals surface area contributed by atoms with Gasteiger partial charge in [-0.05, 0) is 175 Å². The molecule has 0 amide bonds. The summed E-state index contributed by atoms with van der Waals surface area (Å²) in [5.41, 5.74) is 7.00. The summed E-state index contributed by atoms with van der Waals surface area (Å²) < 4.78 is 55.9. The minimum Gasteiger partial charge on any atom is -0.334 e. The van der Waals surface area contributed by atoms with Gasteiger partial charge in [0.15, 0.2) is 23.3 Å². The van der Waals surface area contributed by atoms with Gasteiger partial charge in [-0.3, -0.25) is 20.4 Å². The number of anilines is 12. The van der Waals surface area contributed by atoms with Crippen molar-refractivity contribution in [1.82, 2.24) is 101 Å². The molecule has 0 aliphatic carbocycles. The maximum absolute atomic E-state index is 14.5. The number of nitrogens with one attached hydrogen (secondary N) is 8. The van der Waals surface area contributed by atoms with Crippen molar-refractivity contribution in [2.75, 3.05) is 67.0 Å². The lowest BCUT2D eigenvalue weighted by Crippen LogP contribution is -2.26. The summed E-state index contributed by atoms with van der Waals surface area (Å²) in [6, 6.07) is 33.0. The zero-order chi connectivity index (χ0) is 88.0. The van der Waals surface area contributed by atoms with E-state index in [9.17, 15) is 17.6 Å². The molecule has 33 heteroatoms. The Morgan fingerprint density at radius 1 is 0.352 bits per heavy atom. The minimum atomic E-state index is -0.585. The van der Waals surface area contributed by atoms with E-state index in [1.807, 2.05) is 142 Å². The van der Waals surface area contributed by atoms with Crippen molar-refractivity contribution in [2.45, 2.75) is 184 Å². The lowest BCUT2D eigenvalue weighted by Gasteiger charge is -2.26. The normalized spacial score (nSPS) is 16.5. The molecule has 12 heterocycles. The van der Waals surface area contributed by atoms with Gasteiger partial charge in [-0.1, -0.05) is 140 Å². The third-order valence-electron chi connectivity index (χ3n) is 20.9. The maximum atomic E-state index is 14.5. The molecule has 4 fully saturated rings. The second-order valence-corrected chi connectivity index (χ2v) is 33.4. The van der Waals surface area contributed by atoms with Gasteiger partial charge >= 0.3 is 0 Å². The number of hydrogen-bond acceptors (Lipinski definition) is 24. The lowest BCUT2D eigenvalue weighted by molar-refractivity contribution is 0.551. The monoisotopic (exact) mass is 1720 g/mol. The van der Waals surface area contributed by atoms with Crippen LogP contribution in [0.5, 0.6) is 0 Å². The molecule has 4 aliphatic rings. The van der Waals surface area contributed by atoms with E-state index in [1.165, 1.54) is 35.9 Å². The van der Waals surface area contributed by atoms with Gasteiger partial charge in [0.2, 0.25) is 47.6 Å². The number of halogens is 5. The molecule has 4 aliphatic heterocycles. The molecule has 4 aromatic carbocycles. The number of H-pyrrole nitrogens is 4. The SMILES string of the molecule is C/C=C/c1cc(Nc2nc(CC(C)C)nc(N3CCCC3c3ccc(Cl)cc3)n2)n[nH]1.C/C=C/c1cc(Nc2nc(CC(C)C)nc(N3CCCC3c3ccc(F)cc3)n2)n[nH]1.C/C=C/c1cc(Nc2nc(CC(C)C)nc(N3CCCC3c3ccc(F)cc3F)n2)n[nH]1.C/C=C/c1cc(Nc2nc(CC(C)C)nc(N3CCCC3c3ccccc3F)n2)n[nH]1. The summed E-state index contributed by atoms with van der Waals surface area (Å²) in [7, 11) is 0. The molecular formula is C92H111ClF4N28. The Labute approximate surface area is 732 Å². The number of hydrogen-bond donors (Lipinski definition) is 8. The van der Waals surface area contributed by atoms with Gasteiger partial charge in [-0.25, -0.2) is 17.6 Å². The summed E-state index contributed by atoms with van der Waals surface area (Å²) in [5.74, 6) is 9.73. The first-order valence-corrected chi connectivity index (χ1v) is 43.4. The highest BCUT2D eigenvalue weighted by atomic mass is 35.5. The molecule has 654 valence electrons. The first-order valence-electron chi connectivity index (χ1n) is 43.1. The van der Waals surface area contributed by atoms with Crippen LogP contribution in [0.2, 0.25) is 5.02 Å². The molecule has 28 nitrogen and oxygen atoms in total. The zero-order valence-corrected chi connectivity index (χ0v) is 73.6. The van der Waals surface area contributed by atoms with Crippen LogP contribution < -0.4 is 40.9 Å². The fourth-order valence-electron chi connectivity index (χ4n) is 15.6. The minimum absolute atomic E-state index is 0.0879. The highest BCUT2D eigenvalue weighted by Gasteiger charge is 2.35. The summed E-state index contributed by atoms with van der Waals surface area (Å²) in [6.45, 7) is 28.1. The molecule has 0 spiro atoms. The summed E-state index contributed by atoms with van der Waals surface area (Å²) in [6.07, 6.45) is 26.0. The van der Waals surface area contributed by atoms with Crippen LogP contribution in [-0.4, -0.2) is 127 Å². The summed E-state index contributed by atoms with van der Waals surface area (Å²) in [4.78, 5) is 64.8. The van der Waals surface area contributed by atoms with E-state index < -0.39 is 11.6 Å². The number of allylic oxidation sites excluding steroid dienone is 4. The van der Waals surface area contributed by atoms with Crippen molar-refractivity contribution in [3.63, 3.8) is 0 Å². The topological polar surface area (TPSA) is 330 Å². The van der Waals surface area contributed by atoms with E-state index >= 15 is 0 Å². The molecule has 4 saturated heterocycles. The Balaban J connectivity index is 0.000000143. The second kappa shape index (κ2) is 43.0. The van der Waals surface area contributed by atoms with Gasteiger partial charge in [-0.15, -0.1) is 0 Å². The van der Waals surface area contributed by atoms with E-state index in [-0.39, 0.29) is 35.8 Å². The molecule has 4 unspecified atom stereocenters. The Morgan fingerprint density at radius 2 is 0.648 bits per heavy atom. The van der Waals surface area contributed by atoms with Crippen molar-refractivity contribution >= 4 is 107 Å². The number of aromatic amines is 4. The van der Waals surface area contributed by atoms with Crippen LogP contribution >= 0.6 is 11.6 Å². The van der Waals surface area contributed by atoms with E-state index in [2.05, 4.69) is 179 Å². The van der Waals surface area contributed by atoms with Crippen LogP contribution in [0.4, 0.5) is 88.4 Å². The zero-order valence-electron chi connectivity index (χ0n) is 72.9. The molecule has 8 aromatic heterocycles. The smallest absolute Gasteiger partial charge is 0.233 e. The standard InChI is InChI=1S/C23H28ClN7.C23H27F2N7.2C23H28FN7/c1-4-6-18-14-21(30-29-18)26-22-25-20(13-15(2)3)27-23(28-22)31-12-5-7-19(31)16-8-10-17(24)11-9-16;1-4-6-16-13-21(31-30-16)27-22-26-20(11-14(2)3)28-23(29-22)32-10-5-7-19(32)17-9-8-15(24)12-18(17)25;1-4-8-16-14-21(30-29-16)26-22-25-20(13-15(2)3)27-23(28-22)31-12-7-11-19(31)17-9-5-6-10-18(17)24;1-4-6-18-14-21(30-29-18)26-22-25-20(13-15(2)3)27-23(28-22)31-12-5-7-19(31)16-8-10-17(24)11-9-16/h4,6,8-11,14-15,19H,5,7,12-13H2,1-3H3,(H2,25,26,27,28,29,30);4,6,8-9,12-14,19H,5,7,10-11H2,1-3H3,(H2,26,27,28,29,30,31);4-6,8-10,14-15,19H,7,11-13H2,1-3H3,(H2,25,26,27,28,29,30);4,6,8-11,14-15,19H,5,7,12-13H2,1-3H3,(H2,25,26,27,28,29,30)/b2*6-4+;8-4+;6-4+. The maximum Gasteiger partial charge on any atom is 0.233 e. The van der Waals surface area contributed by atoms with Crippen LogP contribution in [-0.2, 0) is 25.7 Å². The summed E-state index contributed by atoms with van der Waals surface area (Å²) in [5, 5.41) is 42.5. The summed E-state index contributed by atoms with van der Waals surface area (Å²) >= 11 is 6.09. The molecule has 12 aromatic rings. The number of aromatic nitrogens is 20. The number of rotatable bonds is 28. The van der Waals surface area contributed by atoms with Gasteiger partial charge < -0.3 is 40.9 Å². The number of nitrogens with zero attached hydrogens (tertiary/aromatic N) is 20. The lowest BCUT2D eigenvalue weighted by atomic mass is 10.0. The predicted octanol–water partition coefficient (Wildman–Crippen LogP) is 20.9. The van der Waals surface area contributed by atoms with E-state index in [4.69, 9.17) is 36.5 Å². The highest BCUT2D eigenvalue weighted by molar-refractivity contribution is 6.30. The van der Waals surface area contributed by atoms with Crippen molar-refractivity contribution in [3.8, 4) is 0 Å². The van der Waals surface area contributed by atoms with Crippen LogP contribution in [0.15, 0.2) is 140 Å². The Hall–Kier alpha value is -12.9. The van der Waals surface area contributed by atoms with Crippen LogP contribution in [0.3, 0.4) is 0 Å². The Bertz CT molecular complexity index is 5450. The van der Waals surface area contributed by atoms with Crippen molar-refractivity contribution in [1.29, 1.82) is 0 Å². The first-order chi connectivity index (χ1) is 60.5. The van der Waals surface area contributed by atoms with E-state index in [1.54, 1.807) is 6.07 Å². The highest BCUT2D eigenvalue weighted by Crippen LogP contribution is 2.41. The molecular weight excluding hydrogens is 1610 g/mol. The molecule has 8 N–H and O–H groups in total. The average Bonchev–Trinajstić information content (AvgIpc) is 1.73. The van der Waals surface area contributed by atoms with Crippen molar-refractivity contribution in [2.24, 2.45) is 23.7 Å². The fourth-order valence-corrected chi connectivity index (χ4v) is 15.7. The van der Waals surface area contributed by atoms with Crippen LogP contribution in [0, 0.1) is 46.9 Å². The van der Waals surface area contributed by atoms with Gasteiger partial charge in [-0.2, -0.15) is 80.2 Å². The molecule has 16 rings (SSSR count). The largest absolute Gasteiger partial charge is 0.334 e. The van der Waals surface area contributed by atoms with E-state index in [0.717, 1.165) is 141 Å². The van der Waals surface area contributed by atoms with Gasteiger partial charge in [0.25, 0.3) is 0 Å². The van der Waals surface area contributed by atoms with Gasteiger partial charge in [0.1, 0.15) is 46.6 Å². The van der Waals surface area contributed by atoms with Gasteiger partial charge in [0.05, 0.1) is 46.9 Å². The second-order valence-electron chi connectivity index (χ2n) is 32.9. The average molecular weight is 1720 g/mol. The molecule has 4 atom stereocenters. The third-order valence-corrected chi connectivity index (χ3v) is 21.2. The first kappa shape index (κ1) is 89.9.